The number of thioether (sulfide) groups is 4. The molecule has 0 spiro atoms. The number of aromatic hydroxyl groups is 4. The van der Waals surface area contributed by atoms with Crippen molar-refractivity contribution in [2.45, 2.75) is 218 Å². The van der Waals surface area contributed by atoms with Crippen molar-refractivity contribution in [3.63, 3.8) is 0 Å². The second kappa shape index (κ2) is 64.8. The maximum absolute atomic E-state index is 12.1. The van der Waals surface area contributed by atoms with Crippen molar-refractivity contribution in [1.29, 1.82) is 5.53 Å². The molecule has 7 rings (SSSR count). The van der Waals surface area contributed by atoms with Gasteiger partial charge in [0.05, 0.1) is 22.0 Å². The number of carboxylic acids is 2. The number of ether oxygens (including phenoxy) is 1. The first-order valence-corrected chi connectivity index (χ1v) is 42.5. The van der Waals surface area contributed by atoms with Gasteiger partial charge in [0.25, 0.3) is 20.2 Å². The molecular weight excluding hydrogens is 1960 g/mol. The molecule has 1 saturated heterocycles. The summed E-state index contributed by atoms with van der Waals surface area (Å²) in [5.74, 6) is -0.893. The molecule has 0 saturated carbocycles. The molecule has 0 aliphatic carbocycles. The molecule has 114 heavy (non-hydrogen) atoms. The van der Waals surface area contributed by atoms with E-state index in [1.165, 1.54) is 45.7 Å². The SMILES string of the molecule is CC(Br)c1ccc(O)cc1.CC(C)(Br)C(=O)O.CC(C)(C)Sc1ccc(O)cc1.CC(ON1C(C)(C)CCCC1(C)C)c1ccc(O)cc1.CCCCCCOC(=O)C(C)(C)SC(=S)SC(C)(C)C(=O)O.CS(=O)(=O)O.Cc1ccc(S(=O)(=O)O)cc1.Oc1ccc(C(=S)Sc2ccccc2)cc1.[Br-].[I-].[N-]=[N+]=N.[N-]=[N+]=[N-].[Na+].[Na+].[Na+]. The van der Waals surface area contributed by atoms with E-state index >= 15 is 0 Å². The number of aliphatic carboxylic acids is 2. The summed E-state index contributed by atoms with van der Waals surface area (Å²) < 4.78 is 59.6. The topological polar surface area (TPSA) is 422 Å². The number of phenols is 4. The van der Waals surface area contributed by atoms with Crippen molar-refractivity contribution in [3.05, 3.63) is 200 Å². The van der Waals surface area contributed by atoms with Crippen LogP contribution in [0.3, 0.4) is 0 Å². The van der Waals surface area contributed by atoms with Crippen molar-refractivity contribution in [1.82, 2.24) is 5.06 Å². The van der Waals surface area contributed by atoms with Crippen LogP contribution >= 0.6 is 103 Å². The molecule has 6 aromatic rings. The summed E-state index contributed by atoms with van der Waals surface area (Å²) in [6.07, 6.45) is 8.44. The van der Waals surface area contributed by atoms with Crippen LogP contribution in [0.25, 0.3) is 26.4 Å². The van der Waals surface area contributed by atoms with E-state index in [1.54, 1.807) is 131 Å². The number of aryl methyl sites for hydroxylation is 1. The molecule has 0 radical (unpaired) electrons. The molecule has 2 unspecified atom stereocenters. The number of halogens is 4. The van der Waals surface area contributed by atoms with Gasteiger partial charge in [0, 0.05) is 30.4 Å². The molecule has 622 valence electrons. The summed E-state index contributed by atoms with van der Waals surface area (Å²) in [5, 5.41) is 56.0. The molecule has 1 aliphatic heterocycles. The van der Waals surface area contributed by atoms with Gasteiger partial charge in [0.2, 0.25) is 0 Å². The van der Waals surface area contributed by atoms with Gasteiger partial charge in [-0.05, 0) is 240 Å². The number of carbonyl (C=O) groups is 3. The largest absolute Gasteiger partial charge is 1.00 e. The second-order valence-corrected chi connectivity index (χ2v) is 41.6. The van der Waals surface area contributed by atoms with Gasteiger partial charge in [-0.15, -0.1) is 17.3 Å². The number of hydroxylamine groups is 2. The van der Waals surface area contributed by atoms with Crippen molar-refractivity contribution in [2.24, 2.45) is 0 Å². The Bertz CT molecular complexity index is 3970. The zero-order chi connectivity index (χ0) is 85.0. The number of esters is 1. The number of piperidine rings is 1. The summed E-state index contributed by atoms with van der Waals surface area (Å²) >= 11 is 22.5. The quantitative estimate of drug-likeness (QED) is 0.00340. The minimum atomic E-state index is -4.02. The summed E-state index contributed by atoms with van der Waals surface area (Å²) in [6, 6.07) is 44.7. The third-order valence-corrected chi connectivity index (χ3v) is 20.7. The van der Waals surface area contributed by atoms with Crippen molar-refractivity contribution in [2.75, 3.05) is 12.9 Å². The Morgan fingerprint density at radius 1 is 0.632 bits per heavy atom. The molecule has 0 amide bonds. The smallest absolute Gasteiger partial charge is 1.00 e. The fraction of sp³-hybridized carbons (Fsp3) is 0.453. The number of hydrogen-bond donors (Lipinski definition) is 9. The Morgan fingerprint density at radius 2 is 1.00 bits per heavy atom. The summed E-state index contributed by atoms with van der Waals surface area (Å²) in [7, 11) is -7.69. The van der Waals surface area contributed by atoms with E-state index in [2.05, 4.69) is 99.2 Å². The minimum absolute atomic E-state index is 0. The van der Waals surface area contributed by atoms with Gasteiger partial charge < -0.3 is 87.4 Å². The normalized spacial score (nSPS) is 12.6. The molecule has 2 atom stereocenters. The first-order chi connectivity index (χ1) is 49.9. The van der Waals surface area contributed by atoms with Crippen molar-refractivity contribution in [3.8, 4) is 23.0 Å². The Labute approximate surface area is 813 Å². The Hall–Kier alpha value is -1.96. The van der Waals surface area contributed by atoms with E-state index in [-0.39, 0.29) is 168 Å². The fourth-order valence-electron chi connectivity index (χ4n) is 8.19. The number of phenolic OH excluding ortho intramolecular Hbond substituents is 4. The van der Waals surface area contributed by atoms with Gasteiger partial charge in [-0.25, -0.2) is 0 Å². The van der Waals surface area contributed by atoms with Gasteiger partial charge >= 0.3 is 107 Å². The van der Waals surface area contributed by atoms with Gasteiger partial charge in [-0.2, -0.15) is 21.9 Å². The van der Waals surface area contributed by atoms with Crippen molar-refractivity contribution >= 4 is 149 Å². The van der Waals surface area contributed by atoms with Crippen LogP contribution in [0.2, 0.25) is 0 Å². The van der Waals surface area contributed by atoms with Crippen LogP contribution in [-0.4, -0.2) is 130 Å². The Morgan fingerprint density at radius 3 is 1.35 bits per heavy atom. The fourth-order valence-corrected chi connectivity index (χ4v) is 14.9. The molecular formula is C75H106Br3IN7Na3O17S8. The van der Waals surface area contributed by atoms with E-state index in [0.717, 1.165) is 76.1 Å². The second-order valence-electron chi connectivity index (χ2n) is 27.2. The van der Waals surface area contributed by atoms with Gasteiger partial charge in [-0.1, -0.05) is 199 Å². The zero-order valence-corrected chi connectivity index (χ0v) is 87.9. The van der Waals surface area contributed by atoms with Crippen LogP contribution in [0.15, 0.2) is 166 Å². The number of benzene rings is 6. The maximum Gasteiger partial charge on any atom is 1.00 e. The van der Waals surface area contributed by atoms with E-state index in [1.807, 2.05) is 92.7 Å². The number of alkyl halides is 2. The zero-order valence-electron chi connectivity index (χ0n) is 68.5. The van der Waals surface area contributed by atoms with E-state index < -0.39 is 46.0 Å². The number of thiocarbonyl (C=S) groups is 2. The van der Waals surface area contributed by atoms with E-state index in [9.17, 15) is 41.4 Å². The monoisotopic (exact) mass is 2070 g/mol. The molecule has 39 heteroatoms. The molecule has 0 aromatic heterocycles. The molecule has 6 aromatic carbocycles. The summed E-state index contributed by atoms with van der Waals surface area (Å²) in [4.78, 5) is 45.3. The summed E-state index contributed by atoms with van der Waals surface area (Å²) in [5.41, 5.74) is 30.0. The number of carboxylic acid groups (broad SMARTS) is 2. The molecule has 1 fully saturated rings. The van der Waals surface area contributed by atoms with Crippen LogP contribution in [0.5, 0.6) is 23.0 Å². The molecule has 1 aliphatic rings. The number of nitrogens with zero attached hydrogens (tertiary/aromatic N) is 6. The Kier molecular flexibility index (Phi) is 72.6. The first-order valence-electron chi connectivity index (χ1n) is 33.4. The number of nitrogens with one attached hydrogen (secondary N) is 1. The van der Waals surface area contributed by atoms with Crippen molar-refractivity contribution < 1.29 is 210 Å². The number of carbonyl (C=O) groups excluding carboxylic acids is 1. The van der Waals surface area contributed by atoms with Gasteiger partial charge in [0.15, 0.2) is 0 Å². The number of hydrogen-bond acceptors (Lipinski definition) is 21. The predicted octanol–water partition coefficient (Wildman–Crippen LogP) is 7.67. The standard InChI is InChI=1S/C17H27NO2.C15H26O4S3.C13H10OS2.C10H14OS.C8H9BrO.C7H8O3S.C4H7BrO2.CH4O3S.BrH.HI.HN3.N3.3Na/c1-13(14-7-9-15(19)10-8-14)20-18-16(2,3)11-6-12-17(18,4)5;1-6-7-8-9-10-19-12(18)15(4,5)22-13(20)21-14(2,3)11(16)17;14-11-8-6-10(7-9-11)13(15)16-12-4-2-1-3-5-12;1-10(2,3)12-9-6-4-8(11)5-7-9;1-6(9)7-2-4-8(10)5-3-7;1-6-2-4-7(5-3-6)11(8,9)10;1-4(2,5)3(6)7;1-5(2,3)4;;;2*1-3-2;;;/h7-10,13,19H,6,11-12H2,1-5H3;6-10H2,1-5H3,(H,16,17);1-9,14H;4-7,11H,1-3H3;2-6,10H,1H3;2-5H,1H3,(H,8,9,10);1-2H3,(H,6,7);1H3,(H,2,3,4);2*1H;1H;;;;/q;;;;;;;;;;;-1;3*+1/p-2. The minimum Gasteiger partial charge on any atom is -1.00 e. The third-order valence-electron chi connectivity index (χ3n) is 13.7. The van der Waals surface area contributed by atoms with Gasteiger partial charge in [0.1, 0.15) is 46.4 Å². The average molecular weight is 2070 g/mol. The van der Waals surface area contributed by atoms with E-state index in [4.69, 9.17) is 85.7 Å². The van der Waals surface area contributed by atoms with Gasteiger partial charge in [-0.3, -0.25) is 33.2 Å². The van der Waals surface area contributed by atoms with Crippen LogP contribution in [0.4, 0.5) is 0 Å². The van der Waals surface area contributed by atoms with E-state index in [0.29, 0.717) is 38.5 Å². The van der Waals surface area contributed by atoms with Crippen LogP contribution in [0, 0.1) is 12.5 Å². The third kappa shape index (κ3) is 64.8. The number of unbranched alkanes of at least 4 members (excludes halogenated alkanes) is 3. The van der Waals surface area contributed by atoms with Crippen LogP contribution in [0.1, 0.15) is 189 Å². The molecule has 9 N–H and O–H groups in total. The Balaban J connectivity index is -0.000000190. The average Bonchev–Trinajstić information content (AvgIpc) is 0.780. The maximum atomic E-state index is 12.1. The molecule has 0 bridgehead atoms. The predicted molar refractivity (Wildman–Crippen MR) is 460 cm³/mol. The summed E-state index contributed by atoms with van der Waals surface area (Å²) in [6.45, 7) is 33.8. The number of rotatable bonds is 18. The van der Waals surface area contributed by atoms with Crippen LogP contribution in [-0.2, 0) is 44.2 Å². The molecule has 24 nitrogen and oxygen atoms in total. The molecule has 1 heterocycles. The first kappa shape index (κ1) is 128. The van der Waals surface area contributed by atoms with Crippen LogP contribution < -0.4 is 130 Å².